The number of anilines is 1. The number of aromatic amines is 1. The Bertz CT molecular complexity index is 410. The monoisotopic (exact) mass is 184 g/mol. The zero-order chi connectivity index (χ0) is 8.72. The van der Waals surface area contributed by atoms with Gasteiger partial charge in [-0.15, -0.1) is 0 Å². The summed E-state index contributed by atoms with van der Waals surface area (Å²) in [5.74, 6) is 0.284. The van der Waals surface area contributed by atoms with Gasteiger partial charge in [-0.2, -0.15) is 0 Å². The van der Waals surface area contributed by atoms with Gasteiger partial charge in [0.15, 0.2) is 0 Å². The molecule has 2 rings (SSSR count). The lowest BCUT2D eigenvalue weighted by Crippen LogP contribution is -2.08. The van der Waals surface area contributed by atoms with E-state index in [2.05, 4.69) is 10.3 Å². The molecule has 0 spiro atoms. The Labute approximate surface area is 72.6 Å². The maximum absolute atomic E-state index is 10.9. The zero-order valence-corrected chi connectivity index (χ0v) is 6.73. The number of pyridine rings is 1. The van der Waals surface area contributed by atoms with E-state index in [0.717, 1.165) is 0 Å². The van der Waals surface area contributed by atoms with Crippen LogP contribution in [-0.4, -0.2) is 10.9 Å². The van der Waals surface area contributed by atoms with E-state index in [-0.39, 0.29) is 17.9 Å². The number of amides is 1. The standard InChI is InChI=1S/C7H5ClN2O2/c8-4-2-6(12)10-7-3(4)1-5(11)9-7/h2H,1H2,(H2,9,10,11,12). The molecule has 0 saturated heterocycles. The second-order valence-electron chi connectivity index (χ2n) is 2.56. The SMILES string of the molecule is O=C1Cc2c(Cl)cc(=O)[nH]c2N1. The number of hydrogen-bond donors (Lipinski definition) is 2. The second kappa shape index (κ2) is 2.35. The predicted molar refractivity (Wildman–Crippen MR) is 44.4 cm³/mol. The molecule has 2 N–H and O–H groups in total. The molecule has 0 bridgehead atoms. The van der Waals surface area contributed by atoms with Gasteiger partial charge in [0.05, 0.1) is 11.4 Å². The number of rotatable bonds is 0. The van der Waals surface area contributed by atoms with Crippen molar-refractivity contribution in [1.82, 2.24) is 4.98 Å². The minimum atomic E-state index is -0.305. The topological polar surface area (TPSA) is 62.0 Å². The fraction of sp³-hybridized carbons (Fsp3) is 0.143. The van der Waals surface area contributed by atoms with Crippen molar-refractivity contribution in [2.24, 2.45) is 0 Å². The molecule has 2 heterocycles. The lowest BCUT2D eigenvalue weighted by Gasteiger charge is -1.97. The maximum atomic E-state index is 10.9. The van der Waals surface area contributed by atoms with Gasteiger partial charge >= 0.3 is 0 Å². The Kier molecular flexibility index (Phi) is 1.44. The number of carbonyl (C=O) groups is 1. The van der Waals surface area contributed by atoms with Crippen molar-refractivity contribution in [3.05, 3.63) is 27.0 Å². The van der Waals surface area contributed by atoms with Crippen LogP contribution in [-0.2, 0) is 11.2 Å². The largest absolute Gasteiger partial charge is 0.312 e. The molecule has 12 heavy (non-hydrogen) atoms. The van der Waals surface area contributed by atoms with Gasteiger partial charge in [-0.05, 0) is 0 Å². The van der Waals surface area contributed by atoms with E-state index in [1.807, 2.05) is 0 Å². The lowest BCUT2D eigenvalue weighted by molar-refractivity contribution is -0.115. The van der Waals surface area contributed by atoms with Crippen LogP contribution in [0, 0.1) is 0 Å². The van der Waals surface area contributed by atoms with Crippen LogP contribution in [0.2, 0.25) is 5.02 Å². The molecule has 0 radical (unpaired) electrons. The van der Waals surface area contributed by atoms with Crippen LogP contribution in [0.4, 0.5) is 5.82 Å². The Morgan fingerprint density at radius 1 is 1.42 bits per heavy atom. The number of carbonyl (C=O) groups excluding carboxylic acids is 1. The summed E-state index contributed by atoms with van der Waals surface area (Å²) in [6.45, 7) is 0. The van der Waals surface area contributed by atoms with Crippen molar-refractivity contribution in [2.75, 3.05) is 5.32 Å². The summed E-state index contributed by atoms with van der Waals surface area (Å²) in [6, 6.07) is 1.26. The van der Waals surface area contributed by atoms with Crippen molar-refractivity contribution in [3.8, 4) is 0 Å². The van der Waals surface area contributed by atoms with Gasteiger partial charge in [0.2, 0.25) is 5.91 Å². The van der Waals surface area contributed by atoms with E-state index in [1.165, 1.54) is 6.07 Å². The highest BCUT2D eigenvalue weighted by atomic mass is 35.5. The van der Waals surface area contributed by atoms with Crippen LogP contribution >= 0.6 is 11.6 Å². The highest BCUT2D eigenvalue weighted by Gasteiger charge is 2.21. The minimum absolute atomic E-state index is 0.145. The molecule has 0 aromatic carbocycles. The van der Waals surface area contributed by atoms with Crippen molar-refractivity contribution in [1.29, 1.82) is 0 Å². The van der Waals surface area contributed by atoms with Crippen LogP contribution in [0.15, 0.2) is 10.9 Å². The van der Waals surface area contributed by atoms with Crippen molar-refractivity contribution in [3.63, 3.8) is 0 Å². The minimum Gasteiger partial charge on any atom is -0.312 e. The third kappa shape index (κ3) is 1.00. The summed E-state index contributed by atoms with van der Waals surface area (Å²) in [7, 11) is 0. The Morgan fingerprint density at radius 3 is 2.92 bits per heavy atom. The average molecular weight is 185 g/mol. The molecule has 1 aliphatic rings. The first-order valence-electron chi connectivity index (χ1n) is 3.38. The van der Waals surface area contributed by atoms with Crippen LogP contribution in [0.5, 0.6) is 0 Å². The van der Waals surface area contributed by atoms with Gasteiger partial charge in [0.1, 0.15) is 5.82 Å². The maximum Gasteiger partial charge on any atom is 0.250 e. The summed E-state index contributed by atoms with van der Waals surface area (Å²) in [4.78, 5) is 24.2. The van der Waals surface area contributed by atoms with Gasteiger partial charge in [0.25, 0.3) is 5.56 Å². The first-order valence-corrected chi connectivity index (χ1v) is 3.76. The number of nitrogens with one attached hydrogen (secondary N) is 2. The Hall–Kier alpha value is -1.29. The molecule has 0 aliphatic carbocycles. The molecular formula is C7H5ClN2O2. The third-order valence-electron chi connectivity index (χ3n) is 1.70. The van der Waals surface area contributed by atoms with Crippen LogP contribution < -0.4 is 10.9 Å². The lowest BCUT2D eigenvalue weighted by atomic mass is 10.2. The van der Waals surface area contributed by atoms with E-state index < -0.39 is 0 Å². The summed E-state index contributed by atoms with van der Waals surface area (Å²) in [5, 5.41) is 2.84. The number of fused-ring (bicyclic) bond motifs is 1. The first kappa shape index (κ1) is 7.36. The highest BCUT2D eigenvalue weighted by Crippen LogP contribution is 2.25. The summed E-state index contributed by atoms with van der Waals surface area (Å²) in [5.41, 5.74) is 0.363. The van der Waals surface area contributed by atoms with Gasteiger partial charge in [-0.25, -0.2) is 0 Å². The van der Waals surface area contributed by atoms with E-state index >= 15 is 0 Å². The predicted octanol–water partition coefficient (Wildman–Crippen LogP) is 0.523. The summed E-state index contributed by atoms with van der Waals surface area (Å²) in [6.07, 6.45) is 0.241. The normalized spacial score (nSPS) is 14.2. The molecule has 4 nitrogen and oxygen atoms in total. The van der Waals surface area contributed by atoms with E-state index in [4.69, 9.17) is 11.6 Å². The Morgan fingerprint density at radius 2 is 2.17 bits per heavy atom. The number of hydrogen-bond acceptors (Lipinski definition) is 2. The molecule has 5 heteroatoms. The molecule has 0 fully saturated rings. The van der Waals surface area contributed by atoms with E-state index in [1.54, 1.807) is 0 Å². The van der Waals surface area contributed by atoms with Crippen LogP contribution in [0.3, 0.4) is 0 Å². The number of aromatic nitrogens is 1. The molecule has 1 aromatic rings. The first-order chi connectivity index (χ1) is 5.66. The zero-order valence-electron chi connectivity index (χ0n) is 5.98. The summed E-state index contributed by atoms with van der Waals surface area (Å²) >= 11 is 5.73. The fourth-order valence-electron chi connectivity index (χ4n) is 1.18. The molecule has 62 valence electrons. The number of H-pyrrole nitrogens is 1. The van der Waals surface area contributed by atoms with Gasteiger partial charge in [-0.3, -0.25) is 9.59 Å². The average Bonchev–Trinajstić information content (AvgIpc) is 2.29. The van der Waals surface area contributed by atoms with E-state index in [9.17, 15) is 9.59 Å². The molecule has 0 atom stereocenters. The molecular weight excluding hydrogens is 180 g/mol. The van der Waals surface area contributed by atoms with Gasteiger partial charge in [0, 0.05) is 11.6 Å². The molecule has 1 aliphatic heterocycles. The highest BCUT2D eigenvalue weighted by molar-refractivity contribution is 6.32. The quantitative estimate of drug-likeness (QED) is 0.618. The third-order valence-corrected chi connectivity index (χ3v) is 2.04. The van der Waals surface area contributed by atoms with Crippen LogP contribution in [0.25, 0.3) is 0 Å². The van der Waals surface area contributed by atoms with E-state index in [0.29, 0.717) is 16.4 Å². The van der Waals surface area contributed by atoms with Gasteiger partial charge < -0.3 is 10.3 Å². The molecule has 0 unspecified atom stereocenters. The van der Waals surface area contributed by atoms with Crippen molar-refractivity contribution < 1.29 is 4.79 Å². The van der Waals surface area contributed by atoms with Crippen molar-refractivity contribution >= 4 is 23.3 Å². The summed E-state index contributed by atoms with van der Waals surface area (Å²) < 4.78 is 0. The smallest absolute Gasteiger partial charge is 0.250 e. The Balaban J connectivity index is 2.67. The van der Waals surface area contributed by atoms with Crippen LogP contribution in [0.1, 0.15) is 5.56 Å². The van der Waals surface area contributed by atoms with Gasteiger partial charge in [-0.1, -0.05) is 11.6 Å². The number of halogens is 1. The molecule has 1 amide bonds. The fourth-order valence-corrected chi connectivity index (χ4v) is 1.44. The molecule has 1 aromatic heterocycles. The molecule has 0 saturated carbocycles. The van der Waals surface area contributed by atoms with Crippen molar-refractivity contribution in [2.45, 2.75) is 6.42 Å². The second-order valence-corrected chi connectivity index (χ2v) is 2.97.